The zero-order valence-corrected chi connectivity index (χ0v) is 15.9. The summed E-state index contributed by atoms with van der Waals surface area (Å²) in [7, 11) is 0. The van der Waals surface area contributed by atoms with Crippen LogP contribution in [0.4, 0.5) is 0 Å². The molecule has 2 heterocycles. The van der Waals surface area contributed by atoms with Gasteiger partial charge in [-0.2, -0.15) is 0 Å². The monoisotopic (exact) mass is 394 g/mol. The molecule has 0 aliphatic carbocycles. The van der Waals surface area contributed by atoms with E-state index in [9.17, 15) is 5.11 Å². The second-order valence-corrected chi connectivity index (χ2v) is 6.85. The summed E-state index contributed by atoms with van der Waals surface area (Å²) >= 11 is 12.1. The number of hydrogen-bond donors (Lipinski definition) is 1. The van der Waals surface area contributed by atoms with E-state index < -0.39 is 0 Å². The molecule has 3 aromatic rings. The van der Waals surface area contributed by atoms with E-state index in [-0.39, 0.29) is 6.61 Å². The van der Waals surface area contributed by atoms with Crippen LogP contribution in [0.1, 0.15) is 23.4 Å². The first kappa shape index (κ1) is 19.0. The Kier molecular flexibility index (Phi) is 6.38. The van der Waals surface area contributed by atoms with Crippen LogP contribution in [-0.4, -0.2) is 28.1 Å². The van der Waals surface area contributed by atoms with E-state index in [1.165, 1.54) is 0 Å². The largest absolute Gasteiger partial charge is 0.459 e. The zero-order chi connectivity index (χ0) is 18.5. The molecule has 0 aliphatic rings. The van der Waals surface area contributed by atoms with Crippen molar-refractivity contribution in [1.82, 2.24) is 9.88 Å². The lowest BCUT2D eigenvalue weighted by Crippen LogP contribution is -2.25. The summed E-state index contributed by atoms with van der Waals surface area (Å²) < 4.78 is 11.1. The lowest BCUT2D eigenvalue weighted by Gasteiger charge is -2.21. The number of aliphatic hydroxyl groups excluding tert-OH is 1. The molecule has 0 unspecified atom stereocenters. The first-order valence-electron chi connectivity index (χ1n) is 8.34. The van der Waals surface area contributed by atoms with Gasteiger partial charge in [-0.1, -0.05) is 29.3 Å². The van der Waals surface area contributed by atoms with Crippen molar-refractivity contribution >= 4 is 23.2 Å². The molecule has 0 amide bonds. The predicted octanol–water partition coefficient (Wildman–Crippen LogP) is 4.93. The van der Waals surface area contributed by atoms with E-state index in [0.717, 1.165) is 23.6 Å². The average molecular weight is 395 g/mol. The molecule has 0 aliphatic heterocycles. The Bertz CT molecular complexity index is 847. The summed E-state index contributed by atoms with van der Waals surface area (Å²) in [6, 6.07) is 9.21. The first-order chi connectivity index (χ1) is 12.6. The predicted molar refractivity (Wildman–Crippen MR) is 101 cm³/mol. The molecule has 1 N–H and O–H groups in total. The van der Waals surface area contributed by atoms with Crippen LogP contribution in [0.2, 0.25) is 10.0 Å². The van der Waals surface area contributed by atoms with Gasteiger partial charge in [-0.15, -0.1) is 0 Å². The van der Waals surface area contributed by atoms with Crippen LogP contribution in [0.5, 0.6) is 0 Å². The van der Waals surface area contributed by atoms with Crippen molar-refractivity contribution in [2.45, 2.75) is 26.4 Å². The van der Waals surface area contributed by atoms with Crippen molar-refractivity contribution in [3.8, 4) is 11.7 Å². The Balaban J connectivity index is 1.76. The van der Waals surface area contributed by atoms with Crippen molar-refractivity contribution in [3.05, 3.63) is 63.7 Å². The van der Waals surface area contributed by atoms with E-state index in [4.69, 9.17) is 32.0 Å². The van der Waals surface area contributed by atoms with Gasteiger partial charge in [0, 0.05) is 26.2 Å². The van der Waals surface area contributed by atoms with Crippen LogP contribution in [0.3, 0.4) is 0 Å². The molecule has 0 saturated carbocycles. The van der Waals surface area contributed by atoms with Gasteiger partial charge in [-0.05, 0) is 43.2 Å². The molecular formula is C19H20Cl2N2O3. The second kappa shape index (κ2) is 8.73. The van der Waals surface area contributed by atoms with Crippen LogP contribution in [0.25, 0.3) is 11.7 Å². The van der Waals surface area contributed by atoms with Crippen molar-refractivity contribution in [2.75, 3.05) is 13.2 Å². The molecule has 0 bridgehead atoms. The van der Waals surface area contributed by atoms with E-state index in [1.54, 1.807) is 18.4 Å². The van der Waals surface area contributed by atoms with E-state index >= 15 is 0 Å². The minimum Gasteiger partial charge on any atom is -0.459 e. The quantitative estimate of drug-likeness (QED) is 0.586. The zero-order valence-electron chi connectivity index (χ0n) is 14.4. The topological polar surface area (TPSA) is 62.6 Å². The average Bonchev–Trinajstić information content (AvgIpc) is 3.26. The van der Waals surface area contributed by atoms with Gasteiger partial charge in [0.05, 0.1) is 22.0 Å². The number of benzene rings is 1. The molecule has 5 nitrogen and oxygen atoms in total. The van der Waals surface area contributed by atoms with Gasteiger partial charge in [0.25, 0.3) is 5.89 Å². The summed E-state index contributed by atoms with van der Waals surface area (Å²) in [6.45, 7) is 4.00. The van der Waals surface area contributed by atoms with Crippen molar-refractivity contribution in [1.29, 1.82) is 0 Å². The van der Waals surface area contributed by atoms with Gasteiger partial charge in [0.1, 0.15) is 5.76 Å². The maximum atomic E-state index is 9.20. The Morgan fingerprint density at radius 2 is 2.00 bits per heavy atom. The maximum Gasteiger partial charge on any atom is 0.263 e. The fourth-order valence-electron chi connectivity index (χ4n) is 2.70. The number of aromatic nitrogens is 1. The highest BCUT2D eigenvalue weighted by atomic mass is 35.5. The van der Waals surface area contributed by atoms with Crippen molar-refractivity contribution < 1.29 is 13.9 Å². The standard InChI is InChI=1S/C19H20Cl2N2O3/c1-13-17(22-19(26-13)18-4-2-9-25-18)12-23(7-3-8-24)11-14-5-6-15(20)16(21)10-14/h2,4-6,9-10,24H,3,7-8,11-12H2,1H3. The summed E-state index contributed by atoms with van der Waals surface area (Å²) in [5.41, 5.74) is 1.89. The number of oxazole rings is 1. The third kappa shape index (κ3) is 4.68. The van der Waals surface area contributed by atoms with Gasteiger partial charge < -0.3 is 13.9 Å². The van der Waals surface area contributed by atoms with E-state index in [2.05, 4.69) is 9.88 Å². The first-order valence-corrected chi connectivity index (χ1v) is 9.09. The Morgan fingerprint density at radius 1 is 1.15 bits per heavy atom. The highest BCUT2D eigenvalue weighted by Crippen LogP contribution is 2.25. The Labute approximate surface area is 162 Å². The third-order valence-corrected chi connectivity index (χ3v) is 4.76. The van der Waals surface area contributed by atoms with Crippen LogP contribution in [0, 0.1) is 6.92 Å². The number of hydrogen-bond acceptors (Lipinski definition) is 5. The van der Waals surface area contributed by atoms with Crippen LogP contribution in [-0.2, 0) is 13.1 Å². The van der Waals surface area contributed by atoms with Gasteiger partial charge in [0.15, 0.2) is 5.76 Å². The molecule has 0 spiro atoms. The van der Waals surface area contributed by atoms with Crippen molar-refractivity contribution in [3.63, 3.8) is 0 Å². The minimum absolute atomic E-state index is 0.132. The second-order valence-electron chi connectivity index (χ2n) is 6.04. The summed E-state index contributed by atoms with van der Waals surface area (Å²) in [5.74, 6) is 1.82. The molecule has 0 radical (unpaired) electrons. The van der Waals surface area contributed by atoms with Crippen molar-refractivity contribution in [2.24, 2.45) is 0 Å². The normalized spacial score (nSPS) is 11.4. The number of aryl methyl sites for hydroxylation is 1. The van der Waals surface area contributed by atoms with Crippen LogP contribution in [0.15, 0.2) is 45.4 Å². The number of halogens is 2. The summed E-state index contributed by atoms with van der Waals surface area (Å²) in [5, 5.41) is 10.3. The smallest absolute Gasteiger partial charge is 0.263 e. The van der Waals surface area contributed by atoms with Gasteiger partial charge in [-0.3, -0.25) is 4.90 Å². The number of furan rings is 1. The van der Waals surface area contributed by atoms with Gasteiger partial charge >= 0.3 is 0 Å². The van der Waals surface area contributed by atoms with Gasteiger partial charge in [-0.25, -0.2) is 4.98 Å². The Morgan fingerprint density at radius 3 is 2.69 bits per heavy atom. The lowest BCUT2D eigenvalue weighted by atomic mass is 10.2. The molecule has 138 valence electrons. The molecule has 0 fully saturated rings. The molecule has 1 aromatic carbocycles. The summed E-state index contributed by atoms with van der Waals surface area (Å²) in [6.07, 6.45) is 2.26. The molecular weight excluding hydrogens is 375 g/mol. The van der Waals surface area contributed by atoms with E-state index in [1.807, 2.05) is 25.1 Å². The summed E-state index contributed by atoms with van der Waals surface area (Å²) in [4.78, 5) is 6.75. The van der Waals surface area contributed by atoms with Crippen LogP contribution >= 0.6 is 23.2 Å². The lowest BCUT2D eigenvalue weighted by molar-refractivity contribution is 0.210. The van der Waals surface area contributed by atoms with Crippen LogP contribution < -0.4 is 0 Å². The highest BCUT2D eigenvalue weighted by molar-refractivity contribution is 6.42. The highest BCUT2D eigenvalue weighted by Gasteiger charge is 2.17. The SMILES string of the molecule is Cc1oc(-c2ccco2)nc1CN(CCCO)Cc1ccc(Cl)c(Cl)c1. The molecule has 26 heavy (non-hydrogen) atoms. The Hall–Kier alpha value is -1.79. The number of nitrogens with zero attached hydrogens (tertiary/aromatic N) is 2. The molecule has 0 atom stereocenters. The number of rotatable bonds is 8. The molecule has 0 saturated heterocycles. The third-order valence-electron chi connectivity index (χ3n) is 4.02. The fourth-order valence-corrected chi connectivity index (χ4v) is 3.02. The fraction of sp³-hybridized carbons (Fsp3) is 0.316. The number of aliphatic hydroxyl groups is 1. The molecule has 3 rings (SSSR count). The molecule has 7 heteroatoms. The molecule has 2 aromatic heterocycles. The van der Waals surface area contributed by atoms with Gasteiger partial charge in [0.2, 0.25) is 0 Å². The minimum atomic E-state index is 0.132. The maximum absolute atomic E-state index is 9.20. The van der Waals surface area contributed by atoms with E-state index in [0.29, 0.717) is 41.2 Å².